The number of nitrogens with zero attached hydrogens (tertiary/aromatic N) is 2. The summed E-state index contributed by atoms with van der Waals surface area (Å²) in [5, 5.41) is 2.64. The first-order valence-corrected chi connectivity index (χ1v) is 6.87. The second kappa shape index (κ2) is 7.29. The second-order valence-electron chi connectivity index (χ2n) is 4.94. The molecule has 2 rings (SSSR count). The molecular weight excluding hydrogens is 304 g/mol. The lowest BCUT2D eigenvalue weighted by atomic mass is 10.2. The molecule has 0 bridgehead atoms. The largest absolute Gasteiger partial charge is 0.320 e. The van der Waals surface area contributed by atoms with Crippen molar-refractivity contribution in [2.24, 2.45) is 12.8 Å². The van der Waals surface area contributed by atoms with E-state index in [0.29, 0.717) is 12.1 Å². The molecule has 0 unspecified atom stereocenters. The zero-order valence-corrected chi connectivity index (χ0v) is 13.7. The first kappa shape index (κ1) is 18.0. The Hall–Kier alpha value is -2.05. The summed E-state index contributed by atoms with van der Waals surface area (Å²) in [6.45, 7) is 3.61. The van der Waals surface area contributed by atoms with Crippen LogP contribution in [0.25, 0.3) is 5.69 Å². The highest BCUT2D eigenvalue weighted by atomic mass is 35.5. The molecule has 0 aliphatic rings. The van der Waals surface area contributed by atoms with E-state index < -0.39 is 6.04 Å². The predicted molar refractivity (Wildman–Crippen MR) is 89.9 cm³/mol. The smallest absolute Gasteiger partial charge is 0.295 e. The van der Waals surface area contributed by atoms with Gasteiger partial charge in [-0.1, -0.05) is 25.1 Å². The van der Waals surface area contributed by atoms with E-state index in [0.717, 1.165) is 5.69 Å². The van der Waals surface area contributed by atoms with Gasteiger partial charge in [-0.15, -0.1) is 12.4 Å². The Balaban J connectivity index is 0.00000242. The molecule has 7 heteroatoms. The Morgan fingerprint density at radius 1 is 1.32 bits per heavy atom. The number of halogens is 1. The van der Waals surface area contributed by atoms with Gasteiger partial charge in [0.25, 0.3) is 5.56 Å². The van der Waals surface area contributed by atoms with Crippen molar-refractivity contribution in [3.8, 4) is 5.69 Å². The molecule has 0 fully saturated rings. The van der Waals surface area contributed by atoms with Crippen LogP contribution in [0.15, 0.2) is 35.1 Å². The summed E-state index contributed by atoms with van der Waals surface area (Å²) in [5.74, 6) is -0.344. The van der Waals surface area contributed by atoms with E-state index in [-0.39, 0.29) is 29.6 Å². The number of carbonyl (C=O) groups excluding carboxylic acids is 1. The van der Waals surface area contributed by atoms with Gasteiger partial charge in [0.05, 0.1) is 17.4 Å². The first-order valence-electron chi connectivity index (χ1n) is 6.87. The molecular formula is C15H21ClN4O2. The molecule has 1 atom stereocenters. The maximum Gasteiger partial charge on any atom is 0.295 e. The summed E-state index contributed by atoms with van der Waals surface area (Å²) in [4.78, 5) is 24.5. The maximum absolute atomic E-state index is 12.5. The minimum Gasteiger partial charge on any atom is -0.320 e. The SMILES string of the molecule is CC[C@H](N)C(=O)Nc1c(C)n(C)n(-c2ccccc2)c1=O.Cl. The molecule has 22 heavy (non-hydrogen) atoms. The average Bonchev–Trinajstić information content (AvgIpc) is 2.71. The molecule has 0 aliphatic heterocycles. The Morgan fingerprint density at radius 2 is 1.91 bits per heavy atom. The Labute approximate surface area is 135 Å². The molecule has 0 radical (unpaired) electrons. The summed E-state index contributed by atoms with van der Waals surface area (Å²) < 4.78 is 3.23. The third-order valence-electron chi connectivity index (χ3n) is 3.58. The highest BCUT2D eigenvalue weighted by Gasteiger charge is 2.20. The minimum absolute atomic E-state index is 0. The number of hydrogen-bond acceptors (Lipinski definition) is 3. The van der Waals surface area contributed by atoms with Gasteiger partial charge in [0.2, 0.25) is 5.91 Å². The number of anilines is 1. The van der Waals surface area contributed by atoms with Crippen LogP contribution >= 0.6 is 12.4 Å². The van der Waals surface area contributed by atoms with Crippen LogP contribution in [0.5, 0.6) is 0 Å². The van der Waals surface area contributed by atoms with Gasteiger partial charge in [-0.3, -0.25) is 14.3 Å². The Bertz CT molecular complexity index is 706. The summed E-state index contributed by atoms with van der Waals surface area (Å²) >= 11 is 0. The van der Waals surface area contributed by atoms with Gasteiger partial charge in [-0.2, -0.15) is 0 Å². The highest BCUT2D eigenvalue weighted by Crippen LogP contribution is 2.14. The van der Waals surface area contributed by atoms with E-state index in [1.54, 1.807) is 18.7 Å². The lowest BCUT2D eigenvalue weighted by molar-refractivity contribution is -0.117. The lowest BCUT2D eigenvalue weighted by Gasteiger charge is -2.08. The molecule has 1 aromatic heterocycles. The van der Waals surface area contributed by atoms with Crippen molar-refractivity contribution in [2.45, 2.75) is 26.3 Å². The average molecular weight is 325 g/mol. The minimum atomic E-state index is -0.616. The molecule has 0 spiro atoms. The lowest BCUT2D eigenvalue weighted by Crippen LogP contribution is -2.36. The summed E-state index contributed by atoms with van der Waals surface area (Å²) in [6, 6.07) is 8.65. The van der Waals surface area contributed by atoms with Gasteiger partial charge in [0, 0.05) is 7.05 Å². The van der Waals surface area contributed by atoms with E-state index in [1.165, 1.54) is 4.68 Å². The molecule has 2 aromatic rings. The standard InChI is InChI=1S/C15H20N4O2.ClH/c1-4-12(16)14(20)17-13-10(2)18(3)19(15(13)21)11-8-6-5-7-9-11;/h5-9,12H,4,16H2,1-3H3,(H,17,20);1H/t12-;/m0./s1. The number of nitrogens with two attached hydrogens (primary N) is 1. The zero-order chi connectivity index (χ0) is 15.6. The highest BCUT2D eigenvalue weighted by molar-refractivity contribution is 5.95. The normalized spacial score (nSPS) is 11.6. The van der Waals surface area contributed by atoms with Crippen molar-refractivity contribution in [1.29, 1.82) is 0 Å². The monoisotopic (exact) mass is 324 g/mol. The third-order valence-corrected chi connectivity index (χ3v) is 3.58. The number of benzene rings is 1. The molecule has 1 amide bonds. The number of amides is 1. The van der Waals surface area contributed by atoms with Crippen molar-refractivity contribution in [2.75, 3.05) is 5.32 Å². The van der Waals surface area contributed by atoms with Crippen molar-refractivity contribution >= 4 is 24.0 Å². The fraction of sp³-hybridized carbons (Fsp3) is 0.333. The third kappa shape index (κ3) is 3.23. The van der Waals surface area contributed by atoms with E-state index in [2.05, 4.69) is 5.32 Å². The number of carbonyl (C=O) groups is 1. The zero-order valence-electron chi connectivity index (χ0n) is 12.9. The van der Waals surface area contributed by atoms with Gasteiger partial charge in [-0.25, -0.2) is 4.68 Å². The summed E-state index contributed by atoms with van der Waals surface area (Å²) in [5.41, 5.74) is 7.13. The quantitative estimate of drug-likeness (QED) is 0.896. The van der Waals surface area contributed by atoms with Crippen LogP contribution in [0.1, 0.15) is 19.0 Å². The number of aromatic nitrogens is 2. The summed E-state index contributed by atoms with van der Waals surface area (Å²) in [7, 11) is 1.78. The number of para-hydroxylation sites is 1. The van der Waals surface area contributed by atoms with Gasteiger partial charge in [-0.05, 0) is 25.5 Å². The molecule has 6 nitrogen and oxygen atoms in total. The predicted octanol–water partition coefficient (Wildman–Crippen LogP) is 1.58. The van der Waals surface area contributed by atoms with Gasteiger partial charge < -0.3 is 11.1 Å². The second-order valence-corrected chi connectivity index (χ2v) is 4.94. The van der Waals surface area contributed by atoms with E-state index in [9.17, 15) is 9.59 Å². The number of nitrogens with one attached hydrogen (secondary N) is 1. The maximum atomic E-state index is 12.5. The van der Waals surface area contributed by atoms with E-state index in [1.807, 2.05) is 37.3 Å². The number of rotatable bonds is 4. The fourth-order valence-corrected chi connectivity index (χ4v) is 2.11. The van der Waals surface area contributed by atoms with Gasteiger partial charge in [0.1, 0.15) is 5.69 Å². The van der Waals surface area contributed by atoms with Crippen LogP contribution in [0.3, 0.4) is 0 Å². The molecule has 0 saturated heterocycles. The van der Waals surface area contributed by atoms with E-state index >= 15 is 0 Å². The number of hydrogen-bond donors (Lipinski definition) is 2. The van der Waals surface area contributed by atoms with Crippen LogP contribution < -0.4 is 16.6 Å². The first-order chi connectivity index (χ1) is 9.97. The Kier molecular flexibility index (Phi) is 5.96. The van der Waals surface area contributed by atoms with Crippen LogP contribution in [0.4, 0.5) is 5.69 Å². The van der Waals surface area contributed by atoms with Crippen LogP contribution in [-0.4, -0.2) is 21.3 Å². The molecule has 120 valence electrons. The van der Waals surface area contributed by atoms with Gasteiger partial charge in [0.15, 0.2) is 0 Å². The molecule has 0 aliphatic carbocycles. The van der Waals surface area contributed by atoms with Crippen molar-refractivity contribution in [3.63, 3.8) is 0 Å². The molecule has 1 heterocycles. The molecule has 1 aromatic carbocycles. The van der Waals surface area contributed by atoms with Crippen LogP contribution in [0.2, 0.25) is 0 Å². The summed E-state index contributed by atoms with van der Waals surface area (Å²) in [6.07, 6.45) is 0.518. The fourth-order valence-electron chi connectivity index (χ4n) is 2.11. The van der Waals surface area contributed by atoms with Crippen LogP contribution in [-0.2, 0) is 11.8 Å². The Morgan fingerprint density at radius 3 is 2.45 bits per heavy atom. The topological polar surface area (TPSA) is 82.1 Å². The van der Waals surface area contributed by atoms with Crippen molar-refractivity contribution < 1.29 is 4.79 Å². The molecule has 0 saturated carbocycles. The van der Waals surface area contributed by atoms with Crippen molar-refractivity contribution in [1.82, 2.24) is 9.36 Å². The van der Waals surface area contributed by atoms with Crippen LogP contribution in [0, 0.1) is 6.92 Å². The molecule has 3 N–H and O–H groups in total. The van der Waals surface area contributed by atoms with Gasteiger partial charge >= 0.3 is 0 Å². The van der Waals surface area contributed by atoms with Crippen molar-refractivity contribution in [3.05, 3.63) is 46.4 Å². The van der Waals surface area contributed by atoms with E-state index in [4.69, 9.17) is 5.73 Å².